The molecule has 0 radical (unpaired) electrons. The van der Waals surface area contributed by atoms with Crippen LogP contribution in [0, 0.1) is 5.41 Å². The van der Waals surface area contributed by atoms with E-state index >= 15 is 0 Å². The number of benzene rings is 2. The lowest BCUT2D eigenvalue weighted by Crippen LogP contribution is -2.35. The van der Waals surface area contributed by atoms with E-state index in [1.165, 1.54) is 0 Å². The van der Waals surface area contributed by atoms with Gasteiger partial charge in [-0.25, -0.2) is 0 Å². The van der Waals surface area contributed by atoms with Crippen LogP contribution in [0.1, 0.15) is 29.3 Å². The van der Waals surface area contributed by atoms with E-state index in [1.807, 2.05) is 12.1 Å². The topological polar surface area (TPSA) is 66.8 Å². The summed E-state index contributed by atoms with van der Waals surface area (Å²) in [5.74, 6) is -0.599. The average molecular weight is 374 g/mol. The first-order valence-corrected chi connectivity index (χ1v) is 8.76. The van der Waals surface area contributed by atoms with Crippen LogP contribution in [-0.2, 0) is 11.4 Å². The molecule has 6 heteroatoms. The summed E-state index contributed by atoms with van der Waals surface area (Å²) >= 11 is 5.88. The molecule has 0 saturated carbocycles. The summed E-state index contributed by atoms with van der Waals surface area (Å²) < 4.78 is 5.84. The normalized spacial score (nSPS) is 19.4. The molecule has 26 heavy (non-hydrogen) atoms. The molecular weight excluding hydrogens is 354 g/mol. The van der Waals surface area contributed by atoms with Gasteiger partial charge in [-0.1, -0.05) is 35.9 Å². The maximum atomic E-state index is 12.9. The molecule has 3 rings (SSSR count). The Labute approximate surface area is 157 Å². The maximum absolute atomic E-state index is 12.9. The maximum Gasteiger partial charge on any atom is 0.311 e. The molecule has 1 fully saturated rings. The van der Waals surface area contributed by atoms with Gasteiger partial charge in [0, 0.05) is 18.1 Å². The number of amides is 1. The first-order chi connectivity index (χ1) is 12.4. The Kier molecular flexibility index (Phi) is 5.18. The predicted molar refractivity (Wildman–Crippen MR) is 98.5 cm³/mol. The summed E-state index contributed by atoms with van der Waals surface area (Å²) in [7, 11) is 0. The van der Waals surface area contributed by atoms with Gasteiger partial charge in [-0.05, 0) is 43.2 Å². The fourth-order valence-electron chi connectivity index (χ4n) is 2.99. The minimum Gasteiger partial charge on any atom is -0.488 e. The molecule has 136 valence electrons. The van der Waals surface area contributed by atoms with Crippen molar-refractivity contribution < 1.29 is 19.4 Å². The van der Waals surface area contributed by atoms with E-state index in [4.69, 9.17) is 16.3 Å². The molecule has 1 aliphatic rings. The summed E-state index contributed by atoms with van der Waals surface area (Å²) in [5.41, 5.74) is 0.488. The van der Waals surface area contributed by atoms with Crippen molar-refractivity contribution in [2.75, 3.05) is 13.1 Å². The Morgan fingerprint density at radius 1 is 1.19 bits per heavy atom. The quantitative estimate of drug-likeness (QED) is 0.864. The van der Waals surface area contributed by atoms with Crippen molar-refractivity contribution in [1.82, 2.24) is 4.90 Å². The van der Waals surface area contributed by atoms with Gasteiger partial charge in [0.05, 0.1) is 11.0 Å². The lowest BCUT2D eigenvalue weighted by molar-refractivity contribution is -0.147. The molecule has 2 aromatic carbocycles. The van der Waals surface area contributed by atoms with Crippen LogP contribution in [0.4, 0.5) is 0 Å². The number of rotatable bonds is 5. The van der Waals surface area contributed by atoms with E-state index in [0.717, 1.165) is 5.56 Å². The molecule has 2 aromatic rings. The van der Waals surface area contributed by atoms with Crippen LogP contribution >= 0.6 is 11.6 Å². The van der Waals surface area contributed by atoms with Gasteiger partial charge in [0.2, 0.25) is 0 Å². The second-order valence-corrected chi connectivity index (χ2v) is 7.19. The minimum absolute atomic E-state index is 0.201. The van der Waals surface area contributed by atoms with Gasteiger partial charge >= 0.3 is 5.97 Å². The lowest BCUT2D eigenvalue weighted by atomic mass is 9.90. The average Bonchev–Trinajstić information content (AvgIpc) is 3.05. The van der Waals surface area contributed by atoms with Crippen LogP contribution in [0.2, 0.25) is 5.02 Å². The molecule has 1 unspecified atom stereocenters. The summed E-state index contributed by atoms with van der Waals surface area (Å²) in [6, 6.07) is 14.3. The predicted octanol–water partition coefficient (Wildman–Crippen LogP) is 3.86. The number of likely N-dealkylation sites (tertiary alicyclic amines) is 1. The van der Waals surface area contributed by atoms with E-state index in [0.29, 0.717) is 35.9 Å². The third-order valence-electron chi connectivity index (χ3n) is 4.70. The Hall–Kier alpha value is -2.53. The minimum atomic E-state index is -0.894. The van der Waals surface area contributed by atoms with Crippen molar-refractivity contribution in [3.63, 3.8) is 0 Å². The second kappa shape index (κ2) is 7.38. The Balaban J connectivity index is 1.73. The largest absolute Gasteiger partial charge is 0.488 e. The highest BCUT2D eigenvalue weighted by Crippen LogP contribution is 2.32. The summed E-state index contributed by atoms with van der Waals surface area (Å²) in [6.45, 7) is 2.61. The van der Waals surface area contributed by atoms with Crippen LogP contribution in [0.5, 0.6) is 5.75 Å². The zero-order valence-electron chi connectivity index (χ0n) is 14.4. The zero-order chi connectivity index (χ0) is 18.7. The third kappa shape index (κ3) is 3.83. The Morgan fingerprint density at radius 3 is 2.54 bits per heavy atom. The van der Waals surface area contributed by atoms with Crippen molar-refractivity contribution in [3.05, 3.63) is 64.7 Å². The highest BCUT2D eigenvalue weighted by Gasteiger charge is 2.42. The van der Waals surface area contributed by atoms with Crippen LogP contribution in [0.3, 0.4) is 0 Å². The molecule has 1 saturated heterocycles. The molecule has 1 heterocycles. The van der Waals surface area contributed by atoms with Crippen LogP contribution in [-0.4, -0.2) is 35.0 Å². The number of carbonyl (C=O) groups excluding carboxylic acids is 1. The van der Waals surface area contributed by atoms with Crippen LogP contribution in [0.15, 0.2) is 48.5 Å². The van der Waals surface area contributed by atoms with Crippen LogP contribution in [0.25, 0.3) is 0 Å². The van der Waals surface area contributed by atoms with E-state index in [1.54, 1.807) is 48.2 Å². The number of aliphatic carboxylic acids is 1. The molecule has 0 aliphatic carbocycles. The number of carboxylic acid groups (broad SMARTS) is 1. The molecule has 0 aromatic heterocycles. The standard InChI is InChI=1S/C20H20ClNO4/c1-20(19(24)25)10-11-22(13-20)18(23)16-4-2-3-5-17(16)26-12-14-6-8-15(21)9-7-14/h2-9H,10-13H2,1H3,(H,24,25). The van der Waals surface area contributed by atoms with E-state index < -0.39 is 11.4 Å². The SMILES string of the molecule is CC1(C(=O)O)CCN(C(=O)c2ccccc2OCc2ccc(Cl)cc2)C1. The van der Waals surface area contributed by atoms with Crippen molar-refractivity contribution in [3.8, 4) is 5.75 Å². The van der Waals surface area contributed by atoms with Gasteiger partial charge in [-0.15, -0.1) is 0 Å². The van der Waals surface area contributed by atoms with Gasteiger partial charge in [0.1, 0.15) is 12.4 Å². The molecule has 1 aliphatic heterocycles. The van der Waals surface area contributed by atoms with Crippen molar-refractivity contribution >= 4 is 23.5 Å². The van der Waals surface area contributed by atoms with Crippen LogP contribution < -0.4 is 4.74 Å². The number of halogens is 1. The first kappa shape index (κ1) is 18.3. The molecule has 0 spiro atoms. The van der Waals surface area contributed by atoms with E-state index in [-0.39, 0.29) is 12.5 Å². The highest BCUT2D eigenvalue weighted by molar-refractivity contribution is 6.30. The number of hydrogen-bond acceptors (Lipinski definition) is 3. The third-order valence-corrected chi connectivity index (χ3v) is 4.95. The highest BCUT2D eigenvalue weighted by atomic mass is 35.5. The number of hydrogen-bond donors (Lipinski definition) is 1. The van der Waals surface area contributed by atoms with Gasteiger partial charge in [0.25, 0.3) is 5.91 Å². The number of ether oxygens (including phenoxy) is 1. The van der Waals surface area contributed by atoms with Crippen molar-refractivity contribution in [2.45, 2.75) is 20.0 Å². The number of para-hydroxylation sites is 1. The number of carbonyl (C=O) groups is 2. The summed E-state index contributed by atoms with van der Waals surface area (Å²) in [4.78, 5) is 25.9. The molecule has 1 amide bonds. The molecule has 1 N–H and O–H groups in total. The second-order valence-electron chi connectivity index (χ2n) is 6.75. The summed E-state index contributed by atoms with van der Waals surface area (Å²) in [5, 5.41) is 10.0. The number of carboxylic acids is 1. The molecule has 1 atom stereocenters. The van der Waals surface area contributed by atoms with Gasteiger partial charge in [-0.3, -0.25) is 9.59 Å². The fourth-order valence-corrected chi connectivity index (χ4v) is 3.12. The van der Waals surface area contributed by atoms with Gasteiger partial charge in [0.15, 0.2) is 0 Å². The fraction of sp³-hybridized carbons (Fsp3) is 0.300. The van der Waals surface area contributed by atoms with E-state index in [9.17, 15) is 14.7 Å². The van der Waals surface area contributed by atoms with E-state index in [2.05, 4.69) is 0 Å². The Bertz CT molecular complexity index is 821. The zero-order valence-corrected chi connectivity index (χ0v) is 15.2. The first-order valence-electron chi connectivity index (χ1n) is 8.38. The van der Waals surface area contributed by atoms with Gasteiger partial charge < -0.3 is 14.7 Å². The molecule has 0 bridgehead atoms. The van der Waals surface area contributed by atoms with Gasteiger partial charge in [-0.2, -0.15) is 0 Å². The Morgan fingerprint density at radius 2 is 1.88 bits per heavy atom. The monoisotopic (exact) mass is 373 g/mol. The molecular formula is C20H20ClNO4. The number of nitrogens with zero attached hydrogens (tertiary/aromatic N) is 1. The summed E-state index contributed by atoms with van der Waals surface area (Å²) in [6.07, 6.45) is 0.446. The smallest absolute Gasteiger partial charge is 0.311 e. The van der Waals surface area contributed by atoms with Crippen molar-refractivity contribution in [2.24, 2.45) is 5.41 Å². The molecule has 5 nitrogen and oxygen atoms in total. The lowest BCUT2D eigenvalue weighted by Gasteiger charge is -2.21. The van der Waals surface area contributed by atoms with Crippen molar-refractivity contribution in [1.29, 1.82) is 0 Å².